The highest BCUT2D eigenvalue weighted by molar-refractivity contribution is 6.31. The van der Waals surface area contributed by atoms with Crippen LogP contribution < -0.4 is 5.32 Å². The molecule has 0 saturated carbocycles. The van der Waals surface area contributed by atoms with Crippen LogP contribution in [0.5, 0.6) is 0 Å². The highest BCUT2D eigenvalue weighted by Crippen LogP contribution is 2.17. The van der Waals surface area contributed by atoms with Crippen molar-refractivity contribution in [2.24, 2.45) is 0 Å². The van der Waals surface area contributed by atoms with E-state index in [0.717, 1.165) is 6.07 Å². The minimum atomic E-state index is -0.845. The van der Waals surface area contributed by atoms with Gasteiger partial charge in [0.25, 0.3) is 5.91 Å². The summed E-state index contributed by atoms with van der Waals surface area (Å²) in [5, 5.41) is 11.8. The fraction of sp³-hybridized carbons (Fsp3) is 0.0667. The molecule has 20 heavy (non-hydrogen) atoms. The number of nitrogens with one attached hydrogen (secondary N) is 1. The molecule has 0 bridgehead atoms. The zero-order chi connectivity index (χ0) is 14.5. The van der Waals surface area contributed by atoms with Crippen LogP contribution in [0, 0.1) is 17.1 Å². The van der Waals surface area contributed by atoms with E-state index in [2.05, 4.69) is 5.32 Å². The van der Waals surface area contributed by atoms with Gasteiger partial charge in [-0.1, -0.05) is 41.9 Å². The summed E-state index contributed by atoms with van der Waals surface area (Å²) < 4.78 is 13.6. The molecule has 1 unspecified atom stereocenters. The lowest BCUT2D eigenvalue weighted by Crippen LogP contribution is -2.28. The van der Waals surface area contributed by atoms with Crippen molar-refractivity contribution < 1.29 is 9.18 Å². The van der Waals surface area contributed by atoms with Crippen LogP contribution >= 0.6 is 11.6 Å². The number of hydrogen-bond donors (Lipinski definition) is 1. The van der Waals surface area contributed by atoms with Crippen molar-refractivity contribution in [3.8, 4) is 6.07 Å². The minimum Gasteiger partial charge on any atom is -0.332 e. The van der Waals surface area contributed by atoms with Crippen molar-refractivity contribution in [2.45, 2.75) is 6.04 Å². The van der Waals surface area contributed by atoms with Gasteiger partial charge in [0.05, 0.1) is 11.6 Å². The summed E-state index contributed by atoms with van der Waals surface area (Å²) in [6.45, 7) is 0. The third-order valence-electron chi connectivity index (χ3n) is 2.71. The zero-order valence-corrected chi connectivity index (χ0v) is 11.1. The van der Waals surface area contributed by atoms with Gasteiger partial charge in [-0.05, 0) is 23.8 Å². The molecule has 0 saturated heterocycles. The Hall–Kier alpha value is -2.38. The maximum absolute atomic E-state index is 13.6. The Labute approximate surface area is 120 Å². The van der Waals surface area contributed by atoms with Gasteiger partial charge in [-0.15, -0.1) is 0 Å². The van der Waals surface area contributed by atoms with E-state index in [1.165, 1.54) is 12.1 Å². The summed E-state index contributed by atoms with van der Waals surface area (Å²) in [7, 11) is 0. The van der Waals surface area contributed by atoms with Crippen LogP contribution in [0.2, 0.25) is 5.02 Å². The van der Waals surface area contributed by atoms with E-state index in [9.17, 15) is 9.18 Å². The summed E-state index contributed by atoms with van der Waals surface area (Å²) in [5.74, 6) is -1.36. The standard InChI is InChI=1S/C15H10ClFN2O/c16-11-6-7-13(17)12(8-11)15(20)19-14(9-18)10-4-2-1-3-5-10/h1-8,14H,(H,19,20). The summed E-state index contributed by atoms with van der Waals surface area (Å²) >= 11 is 5.74. The Morgan fingerprint density at radius 2 is 1.95 bits per heavy atom. The molecular weight excluding hydrogens is 279 g/mol. The van der Waals surface area contributed by atoms with Gasteiger partial charge in [0.2, 0.25) is 0 Å². The second kappa shape index (κ2) is 6.18. The average Bonchev–Trinajstić information content (AvgIpc) is 2.48. The Kier molecular flexibility index (Phi) is 4.34. The van der Waals surface area contributed by atoms with Gasteiger partial charge in [-0.3, -0.25) is 4.79 Å². The van der Waals surface area contributed by atoms with Gasteiger partial charge in [0, 0.05) is 5.02 Å². The molecule has 5 heteroatoms. The fourth-order valence-corrected chi connectivity index (χ4v) is 1.89. The molecule has 2 rings (SSSR count). The third-order valence-corrected chi connectivity index (χ3v) is 2.95. The highest BCUT2D eigenvalue weighted by atomic mass is 35.5. The number of carbonyl (C=O) groups excluding carboxylic acids is 1. The van der Waals surface area contributed by atoms with E-state index in [1.54, 1.807) is 30.3 Å². The van der Waals surface area contributed by atoms with Crippen LogP contribution in [-0.4, -0.2) is 5.91 Å². The molecular formula is C15H10ClFN2O. The van der Waals surface area contributed by atoms with Crippen molar-refractivity contribution in [1.82, 2.24) is 5.32 Å². The van der Waals surface area contributed by atoms with E-state index in [0.29, 0.717) is 5.56 Å². The fourth-order valence-electron chi connectivity index (χ4n) is 1.72. The van der Waals surface area contributed by atoms with E-state index in [1.807, 2.05) is 6.07 Å². The lowest BCUT2D eigenvalue weighted by atomic mass is 10.1. The molecule has 100 valence electrons. The molecule has 0 aromatic heterocycles. The van der Waals surface area contributed by atoms with Crippen molar-refractivity contribution in [1.29, 1.82) is 5.26 Å². The van der Waals surface area contributed by atoms with Gasteiger partial charge < -0.3 is 5.32 Å². The first-order valence-corrected chi connectivity index (χ1v) is 6.20. The van der Waals surface area contributed by atoms with Crippen molar-refractivity contribution >= 4 is 17.5 Å². The van der Waals surface area contributed by atoms with Crippen molar-refractivity contribution in [3.63, 3.8) is 0 Å². The molecule has 0 radical (unpaired) electrons. The highest BCUT2D eigenvalue weighted by Gasteiger charge is 2.17. The number of amides is 1. The number of nitriles is 1. The topological polar surface area (TPSA) is 52.9 Å². The van der Waals surface area contributed by atoms with Gasteiger partial charge in [0.15, 0.2) is 0 Å². The van der Waals surface area contributed by atoms with Crippen molar-refractivity contribution in [2.75, 3.05) is 0 Å². The summed E-state index contributed by atoms with van der Waals surface area (Å²) in [6, 6.07) is 13.5. The third kappa shape index (κ3) is 3.14. The van der Waals surface area contributed by atoms with Gasteiger partial charge in [0.1, 0.15) is 11.9 Å². The predicted octanol–water partition coefficient (Wildman–Crippen LogP) is 3.47. The van der Waals surface area contributed by atoms with Crippen LogP contribution in [0.15, 0.2) is 48.5 Å². The molecule has 0 aliphatic carbocycles. The number of halogens is 2. The molecule has 0 fully saturated rings. The first-order chi connectivity index (χ1) is 9.61. The van der Waals surface area contributed by atoms with E-state index in [-0.39, 0.29) is 10.6 Å². The lowest BCUT2D eigenvalue weighted by molar-refractivity contribution is 0.0941. The van der Waals surface area contributed by atoms with Gasteiger partial charge in [-0.25, -0.2) is 4.39 Å². The van der Waals surface area contributed by atoms with Crippen molar-refractivity contribution in [3.05, 3.63) is 70.5 Å². The van der Waals surface area contributed by atoms with Crippen LogP contribution in [0.25, 0.3) is 0 Å². The molecule has 2 aromatic rings. The predicted molar refractivity (Wildman–Crippen MR) is 73.7 cm³/mol. The summed E-state index contributed by atoms with van der Waals surface area (Å²) in [6.07, 6.45) is 0. The molecule has 1 atom stereocenters. The number of benzene rings is 2. The number of carbonyl (C=O) groups is 1. The van der Waals surface area contributed by atoms with Gasteiger partial charge in [-0.2, -0.15) is 5.26 Å². The van der Waals surface area contributed by atoms with Crippen LogP contribution in [0.4, 0.5) is 4.39 Å². The largest absolute Gasteiger partial charge is 0.332 e. The maximum Gasteiger partial charge on any atom is 0.255 e. The normalized spacial score (nSPS) is 11.4. The first-order valence-electron chi connectivity index (χ1n) is 5.82. The van der Waals surface area contributed by atoms with Crippen LogP contribution in [0.1, 0.15) is 22.0 Å². The SMILES string of the molecule is N#CC(NC(=O)c1cc(Cl)ccc1F)c1ccccc1. The Bertz CT molecular complexity index is 667. The first kappa shape index (κ1) is 14.0. The minimum absolute atomic E-state index is 0.186. The number of hydrogen-bond acceptors (Lipinski definition) is 2. The quantitative estimate of drug-likeness (QED) is 0.940. The molecule has 0 aliphatic heterocycles. The maximum atomic E-state index is 13.6. The Morgan fingerprint density at radius 1 is 1.25 bits per heavy atom. The zero-order valence-electron chi connectivity index (χ0n) is 10.3. The Morgan fingerprint density at radius 3 is 2.60 bits per heavy atom. The van der Waals surface area contributed by atoms with Gasteiger partial charge >= 0.3 is 0 Å². The van der Waals surface area contributed by atoms with Crippen LogP contribution in [-0.2, 0) is 0 Å². The van der Waals surface area contributed by atoms with E-state index in [4.69, 9.17) is 16.9 Å². The molecule has 0 spiro atoms. The molecule has 0 aliphatic rings. The summed E-state index contributed by atoms with van der Waals surface area (Å²) in [4.78, 5) is 12.0. The molecule has 2 aromatic carbocycles. The lowest BCUT2D eigenvalue weighted by Gasteiger charge is -2.12. The average molecular weight is 289 g/mol. The molecule has 3 nitrogen and oxygen atoms in total. The van der Waals surface area contributed by atoms with E-state index >= 15 is 0 Å². The monoisotopic (exact) mass is 288 g/mol. The van der Waals surface area contributed by atoms with Crippen LogP contribution in [0.3, 0.4) is 0 Å². The second-order valence-corrected chi connectivity index (χ2v) is 4.51. The Balaban J connectivity index is 2.22. The number of nitrogens with zero attached hydrogens (tertiary/aromatic N) is 1. The smallest absolute Gasteiger partial charge is 0.255 e. The van der Waals surface area contributed by atoms with E-state index < -0.39 is 17.8 Å². The second-order valence-electron chi connectivity index (χ2n) is 4.07. The molecule has 1 N–H and O–H groups in total. The summed E-state index contributed by atoms with van der Waals surface area (Å²) in [5.41, 5.74) is 0.444. The molecule has 1 amide bonds. The number of rotatable bonds is 3. The molecule has 0 heterocycles.